The molecule has 0 unspecified atom stereocenters. The molecule has 4 atom stereocenters. The molecule has 0 spiro atoms. The minimum atomic E-state index is -4.10. The van der Waals surface area contributed by atoms with Crippen molar-refractivity contribution in [2.24, 2.45) is 22.2 Å². The highest BCUT2D eigenvalue weighted by Crippen LogP contribution is 2.55. The number of carbonyl (C=O) groups excluding carboxylic acids is 1. The van der Waals surface area contributed by atoms with Gasteiger partial charge in [-0.2, -0.15) is 8.42 Å². The largest absolute Gasteiger partial charge is 0.511 e. The van der Waals surface area contributed by atoms with Crippen molar-refractivity contribution >= 4 is 27.5 Å². The van der Waals surface area contributed by atoms with Gasteiger partial charge in [0.05, 0.1) is 5.69 Å². The molecule has 1 aromatic carbocycles. The highest BCUT2D eigenvalue weighted by Gasteiger charge is 2.57. The minimum Gasteiger partial charge on any atom is -0.511 e. The van der Waals surface area contributed by atoms with Crippen molar-refractivity contribution in [3.05, 3.63) is 65.4 Å². The third-order valence-corrected chi connectivity index (χ3v) is 8.61. The lowest BCUT2D eigenvalue weighted by molar-refractivity contribution is -0.134. The Morgan fingerprint density at radius 2 is 1.91 bits per heavy atom. The van der Waals surface area contributed by atoms with Gasteiger partial charge in [-0.25, -0.2) is 4.39 Å². The molecule has 2 aliphatic carbocycles. The fourth-order valence-corrected chi connectivity index (χ4v) is 7.02. The lowest BCUT2D eigenvalue weighted by Crippen LogP contribution is -2.53. The van der Waals surface area contributed by atoms with Gasteiger partial charge in [-0.3, -0.25) is 9.78 Å². The quantitative estimate of drug-likeness (QED) is 0.716. The molecule has 2 aromatic rings. The SMILES string of the molecule is O=C1C(C2=NS(=O)(=O)c3cnccc3N2)=C(O)[C@@H]2[C@H]3CC[C@H](C3)[C@@H]2N1Cc1ccc(F)cc1. The molecule has 1 amide bonds. The van der Waals surface area contributed by atoms with Crippen LogP contribution in [0.15, 0.2) is 63.4 Å². The van der Waals surface area contributed by atoms with E-state index in [2.05, 4.69) is 14.7 Å². The van der Waals surface area contributed by atoms with E-state index in [4.69, 9.17) is 0 Å². The maximum Gasteiger partial charge on any atom is 0.287 e. The van der Waals surface area contributed by atoms with Crippen molar-refractivity contribution in [2.45, 2.75) is 36.7 Å². The summed E-state index contributed by atoms with van der Waals surface area (Å²) >= 11 is 0. The number of nitrogens with one attached hydrogen (secondary N) is 1. The van der Waals surface area contributed by atoms with Gasteiger partial charge in [0, 0.05) is 30.9 Å². The topological polar surface area (TPSA) is 112 Å². The molecule has 2 aliphatic heterocycles. The predicted octanol–water partition coefficient (Wildman–Crippen LogP) is 3.00. The second-order valence-corrected chi connectivity index (χ2v) is 10.7. The van der Waals surface area contributed by atoms with Gasteiger partial charge in [0.1, 0.15) is 22.0 Å². The first-order chi connectivity index (χ1) is 15.8. The van der Waals surface area contributed by atoms with Crippen molar-refractivity contribution < 1.29 is 22.7 Å². The number of hydrogen-bond acceptors (Lipinski definition) is 6. The van der Waals surface area contributed by atoms with Crippen molar-refractivity contribution in [2.75, 3.05) is 5.32 Å². The van der Waals surface area contributed by atoms with E-state index in [0.29, 0.717) is 0 Å². The number of benzene rings is 1. The van der Waals surface area contributed by atoms with Crippen LogP contribution in [0.5, 0.6) is 0 Å². The highest BCUT2D eigenvalue weighted by molar-refractivity contribution is 7.90. The molecule has 4 aliphatic rings. The zero-order valence-corrected chi connectivity index (χ0v) is 18.3. The van der Waals surface area contributed by atoms with Crippen molar-refractivity contribution in [1.29, 1.82) is 0 Å². The molecule has 2 fully saturated rings. The maximum atomic E-state index is 13.8. The summed E-state index contributed by atoms with van der Waals surface area (Å²) in [5.41, 5.74) is 0.898. The average Bonchev–Trinajstić information content (AvgIpc) is 3.40. The Bertz CT molecular complexity index is 1340. The Morgan fingerprint density at radius 3 is 2.70 bits per heavy atom. The molecule has 3 heterocycles. The number of nitrogens with zero attached hydrogens (tertiary/aromatic N) is 3. The van der Waals surface area contributed by atoms with Crippen LogP contribution >= 0.6 is 0 Å². The average molecular weight is 469 g/mol. The molecule has 0 saturated heterocycles. The van der Waals surface area contributed by atoms with E-state index >= 15 is 0 Å². The number of carbonyl (C=O) groups is 1. The van der Waals surface area contributed by atoms with Crippen molar-refractivity contribution in [3.8, 4) is 0 Å². The molecule has 2 bridgehead atoms. The molecule has 33 heavy (non-hydrogen) atoms. The molecule has 10 heteroatoms. The maximum absolute atomic E-state index is 13.8. The number of aliphatic hydroxyl groups excluding tert-OH is 1. The predicted molar refractivity (Wildman–Crippen MR) is 117 cm³/mol. The minimum absolute atomic E-state index is 0.0851. The summed E-state index contributed by atoms with van der Waals surface area (Å²) in [5, 5.41) is 14.2. The number of fused-ring (bicyclic) bond motifs is 6. The Hall–Kier alpha value is -3.27. The zero-order valence-electron chi connectivity index (χ0n) is 17.5. The molecule has 2 saturated carbocycles. The number of pyridine rings is 1. The van der Waals surface area contributed by atoms with Gasteiger partial charge in [0.25, 0.3) is 15.9 Å². The van der Waals surface area contributed by atoms with E-state index in [1.807, 2.05) is 0 Å². The van der Waals surface area contributed by atoms with Crippen LogP contribution < -0.4 is 5.32 Å². The van der Waals surface area contributed by atoms with Crippen LogP contribution in [0.25, 0.3) is 0 Å². The van der Waals surface area contributed by atoms with Gasteiger partial charge in [0.2, 0.25) is 0 Å². The summed E-state index contributed by atoms with van der Waals surface area (Å²) in [6, 6.07) is 7.27. The van der Waals surface area contributed by atoms with Crippen LogP contribution in [0.4, 0.5) is 10.1 Å². The molecule has 6 rings (SSSR count). The summed E-state index contributed by atoms with van der Waals surface area (Å²) in [4.78, 5) is 19.2. The van der Waals surface area contributed by atoms with Crippen LogP contribution in [0.2, 0.25) is 0 Å². The number of rotatable bonds is 3. The lowest BCUT2D eigenvalue weighted by atomic mass is 9.77. The second kappa shape index (κ2) is 7.11. The summed E-state index contributed by atoms with van der Waals surface area (Å²) < 4.78 is 42.8. The van der Waals surface area contributed by atoms with Gasteiger partial charge >= 0.3 is 0 Å². The monoisotopic (exact) mass is 468 g/mol. The van der Waals surface area contributed by atoms with Crippen LogP contribution in [0, 0.1) is 23.6 Å². The third kappa shape index (κ3) is 3.07. The zero-order chi connectivity index (χ0) is 22.9. The lowest BCUT2D eigenvalue weighted by Gasteiger charge is -2.44. The van der Waals surface area contributed by atoms with E-state index in [0.717, 1.165) is 24.8 Å². The highest BCUT2D eigenvalue weighted by atomic mass is 32.2. The van der Waals surface area contributed by atoms with E-state index < -0.39 is 15.9 Å². The Morgan fingerprint density at radius 1 is 1.15 bits per heavy atom. The number of aliphatic hydroxyl groups is 1. The first-order valence-corrected chi connectivity index (χ1v) is 12.3. The van der Waals surface area contributed by atoms with Crippen LogP contribution in [-0.2, 0) is 21.4 Å². The first kappa shape index (κ1) is 20.3. The molecule has 8 nitrogen and oxygen atoms in total. The number of anilines is 1. The summed E-state index contributed by atoms with van der Waals surface area (Å²) in [5.74, 6) is -0.902. The van der Waals surface area contributed by atoms with E-state index in [9.17, 15) is 22.7 Å². The number of hydrogen-bond donors (Lipinski definition) is 2. The third-order valence-electron chi connectivity index (χ3n) is 7.31. The molecule has 2 N–H and O–H groups in total. The number of aromatic nitrogens is 1. The normalized spacial score (nSPS) is 29.4. The smallest absolute Gasteiger partial charge is 0.287 e. The van der Waals surface area contributed by atoms with Gasteiger partial charge in [-0.15, -0.1) is 4.40 Å². The Balaban J connectivity index is 1.45. The molecule has 0 radical (unpaired) electrons. The van der Waals surface area contributed by atoms with E-state index in [1.165, 1.54) is 30.6 Å². The molecule has 1 aromatic heterocycles. The number of amides is 1. The first-order valence-electron chi connectivity index (χ1n) is 10.9. The molecular formula is C23H21FN4O4S. The number of sulfonamides is 1. The standard InChI is InChI=1S/C23H21FN4O4S/c24-15-5-1-12(2-6-15)11-28-20-14-4-3-13(9-14)18(20)21(29)19(23(28)30)22-26-16-7-8-25-10-17(16)33(31,32)27-22/h1-2,5-8,10,13-14,18,20,29H,3-4,9,11H2,(H,26,27)/t13-,14+,18+,20-/m0/s1. The van der Waals surface area contributed by atoms with Gasteiger partial charge < -0.3 is 15.3 Å². The van der Waals surface area contributed by atoms with E-state index in [1.54, 1.807) is 17.0 Å². The molecular weight excluding hydrogens is 447 g/mol. The van der Waals surface area contributed by atoms with Crippen molar-refractivity contribution in [1.82, 2.24) is 9.88 Å². The Kier molecular flexibility index (Phi) is 4.39. The van der Waals surface area contributed by atoms with Gasteiger partial charge in [0.15, 0.2) is 5.84 Å². The van der Waals surface area contributed by atoms with Crippen LogP contribution in [0.1, 0.15) is 24.8 Å². The van der Waals surface area contributed by atoms with Gasteiger partial charge in [-0.05, 0) is 54.9 Å². The van der Waals surface area contributed by atoms with Crippen LogP contribution in [-0.4, -0.2) is 41.2 Å². The summed E-state index contributed by atoms with van der Waals surface area (Å²) in [6.45, 7) is 0.237. The summed E-state index contributed by atoms with van der Waals surface area (Å²) in [7, 11) is -4.10. The number of amidine groups is 1. The second-order valence-electron chi connectivity index (χ2n) is 9.08. The Labute approximate surface area is 189 Å². The summed E-state index contributed by atoms with van der Waals surface area (Å²) in [6.07, 6.45) is 5.48. The van der Waals surface area contributed by atoms with Gasteiger partial charge in [-0.1, -0.05) is 12.1 Å². The fraction of sp³-hybridized carbons (Fsp3) is 0.348. The molecule has 170 valence electrons. The van der Waals surface area contributed by atoms with E-state index in [-0.39, 0.29) is 63.9 Å². The van der Waals surface area contributed by atoms with Crippen molar-refractivity contribution in [3.63, 3.8) is 0 Å². The van der Waals surface area contributed by atoms with Crippen LogP contribution in [0.3, 0.4) is 0 Å². The number of halogens is 1. The fourth-order valence-electron chi connectivity index (χ4n) is 5.95.